The third-order valence-electron chi connectivity index (χ3n) is 4.72. The molecule has 3 heterocycles. The molecule has 6 nitrogen and oxygen atoms in total. The summed E-state index contributed by atoms with van der Waals surface area (Å²) in [7, 11) is 0. The number of hydrogen-bond donors (Lipinski definition) is 2. The number of hydrogen-bond acceptors (Lipinski definition) is 5. The lowest BCUT2D eigenvalue weighted by Gasteiger charge is -2.40. The number of pyridine rings is 1. The Labute approximate surface area is 145 Å². The van der Waals surface area contributed by atoms with Gasteiger partial charge in [0.2, 0.25) is 11.5 Å². The summed E-state index contributed by atoms with van der Waals surface area (Å²) in [4.78, 5) is 25.5. The van der Waals surface area contributed by atoms with Crippen molar-refractivity contribution in [1.29, 1.82) is 0 Å². The molecule has 1 aliphatic rings. The SMILES string of the molecule is CCC1CN(c2nc(NCc3ccc(=O)[nH]c3)nc3ccccc23)C1. The second-order valence-electron chi connectivity index (χ2n) is 6.48. The van der Waals surface area contributed by atoms with Crippen LogP contribution in [-0.2, 0) is 6.54 Å². The first kappa shape index (κ1) is 15.6. The van der Waals surface area contributed by atoms with Crippen molar-refractivity contribution in [1.82, 2.24) is 15.0 Å². The Kier molecular flexibility index (Phi) is 4.09. The van der Waals surface area contributed by atoms with Gasteiger partial charge in [-0.1, -0.05) is 25.1 Å². The molecule has 0 atom stereocenters. The van der Waals surface area contributed by atoms with Crippen LogP contribution in [0.1, 0.15) is 18.9 Å². The minimum Gasteiger partial charge on any atom is -0.355 e. The van der Waals surface area contributed by atoms with Crippen molar-refractivity contribution < 1.29 is 0 Å². The molecule has 0 unspecified atom stereocenters. The van der Waals surface area contributed by atoms with Crippen LogP contribution in [0.25, 0.3) is 10.9 Å². The summed E-state index contributed by atoms with van der Waals surface area (Å²) >= 11 is 0. The zero-order valence-corrected chi connectivity index (χ0v) is 14.2. The summed E-state index contributed by atoms with van der Waals surface area (Å²) in [6.07, 6.45) is 2.91. The van der Waals surface area contributed by atoms with Crippen LogP contribution in [0.3, 0.4) is 0 Å². The van der Waals surface area contributed by atoms with Crippen LogP contribution in [0.15, 0.2) is 47.4 Å². The summed E-state index contributed by atoms with van der Waals surface area (Å²) in [6.45, 7) is 4.90. The zero-order chi connectivity index (χ0) is 17.2. The van der Waals surface area contributed by atoms with Gasteiger partial charge in [0.15, 0.2) is 0 Å². The van der Waals surface area contributed by atoms with Gasteiger partial charge in [-0.05, 0) is 30.0 Å². The van der Waals surface area contributed by atoms with E-state index in [4.69, 9.17) is 4.98 Å². The van der Waals surface area contributed by atoms with Crippen molar-refractivity contribution in [2.45, 2.75) is 19.9 Å². The van der Waals surface area contributed by atoms with Gasteiger partial charge in [0.25, 0.3) is 0 Å². The van der Waals surface area contributed by atoms with Gasteiger partial charge in [-0.3, -0.25) is 4.79 Å². The first-order chi connectivity index (χ1) is 12.2. The standard InChI is InChI=1S/C19H21N5O/c1-2-13-11-24(12-13)18-15-5-3-4-6-16(15)22-19(23-18)21-10-14-7-8-17(25)20-9-14/h3-9,13H,2,10-12H2,1H3,(H,20,25)(H,21,22,23). The second-order valence-corrected chi connectivity index (χ2v) is 6.48. The molecular weight excluding hydrogens is 314 g/mol. The number of anilines is 2. The Morgan fingerprint density at radius 2 is 2.04 bits per heavy atom. The van der Waals surface area contributed by atoms with Crippen LogP contribution in [0.2, 0.25) is 0 Å². The van der Waals surface area contributed by atoms with Gasteiger partial charge in [-0.15, -0.1) is 0 Å². The van der Waals surface area contributed by atoms with Crippen LogP contribution >= 0.6 is 0 Å². The van der Waals surface area contributed by atoms with Gasteiger partial charge in [-0.25, -0.2) is 4.98 Å². The molecule has 0 bridgehead atoms. The molecule has 25 heavy (non-hydrogen) atoms. The molecule has 1 saturated heterocycles. The average molecular weight is 335 g/mol. The smallest absolute Gasteiger partial charge is 0.247 e. The normalized spacial score (nSPS) is 14.5. The maximum atomic E-state index is 11.1. The predicted octanol–water partition coefficient (Wildman–Crippen LogP) is 2.78. The van der Waals surface area contributed by atoms with Gasteiger partial charge < -0.3 is 15.2 Å². The van der Waals surface area contributed by atoms with Crippen molar-refractivity contribution in [3.8, 4) is 0 Å². The molecule has 4 rings (SSSR count). The second kappa shape index (κ2) is 6.55. The van der Waals surface area contributed by atoms with Crippen molar-refractivity contribution >= 4 is 22.7 Å². The molecular formula is C19H21N5O. The Balaban J connectivity index is 1.60. The highest BCUT2D eigenvalue weighted by atomic mass is 16.1. The van der Waals surface area contributed by atoms with E-state index in [0.29, 0.717) is 12.5 Å². The topological polar surface area (TPSA) is 73.9 Å². The predicted molar refractivity (Wildman–Crippen MR) is 99.9 cm³/mol. The number of fused-ring (bicyclic) bond motifs is 1. The third kappa shape index (κ3) is 3.20. The van der Waals surface area contributed by atoms with Crippen molar-refractivity contribution in [3.05, 3.63) is 58.5 Å². The third-order valence-corrected chi connectivity index (χ3v) is 4.72. The Morgan fingerprint density at radius 3 is 2.80 bits per heavy atom. The largest absolute Gasteiger partial charge is 0.355 e. The number of rotatable bonds is 5. The molecule has 0 aliphatic carbocycles. The number of nitrogens with zero attached hydrogens (tertiary/aromatic N) is 3. The quantitative estimate of drug-likeness (QED) is 0.750. The highest BCUT2D eigenvalue weighted by Crippen LogP contribution is 2.31. The fourth-order valence-electron chi connectivity index (χ4n) is 3.11. The van der Waals surface area contributed by atoms with Crippen LogP contribution in [-0.4, -0.2) is 28.0 Å². The van der Waals surface area contributed by atoms with Gasteiger partial charge >= 0.3 is 0 Å². The molecule has 1 aromatic carbocycles. The first-order valence-electron chi connectivity index (χ1n) is 8.66. The molecule has 2 N–H and O–H groups in total. The highest BCUT2D eigenvalue weighted by molar-refractivity contribution is 5.90. The minimum atomic E-state index is -0.101. The summed E-state index contributed by atoms with van der Waals surface area (Å²) < 4.78 is 0. The monoisotopic (exact) mass is 335 g/mol. The van der Waals surface area contributed by atoms with Gasteiger partial charge in [-0.2, -0.15) is 4.98 Å². The maximum Gasteiger partial charge on any atom is 0.247 e. The molecule has 0 saturated carbocycles. The highest BCUT2D eigenvalue weighted by Gasteiger charge is 2.27. The summed E-state index contributed by atoms with van der Waals surface area (Å²) in [5, 5.41) is 4.36. The lowest BCUT2D eigenvalue weighted by molar-refractivity contribution is 0.397. The van der Waals surface area contributed by atoms with Crippen LogP contribution < -0.4 is 15.8 Å². The Bertz CT molecular complexity index is 925. The Morgan fingerprint density at radius 1 is 1.20 bits per heavy atom. The van der Waals surface area contributed by atoms with E-state index in [1.54, 1.807) is 12.3 Å². The average Bonchev–Trinajstić information content (AvgIpc) is 2.60. The van der Waals surface area contributed by atoms with Crippen LogP contribution in [0.5, 0.6) is 0 Å². The fourth-order valence-corrected chi connectivity index (χ4v) is 3.11. The van der Waals surface area contributed by atoms with E-state index in [2.05, 4.69) is 33.2 Å². The van der Waals surface area contributed by atoms with Crippen LogP contribution in [0, 0.1) is 5.92 Å². The first-order valence-corrected chi connectivity index (χ1v) is 8.66. The number of H-pyrrole nitrogens is 1. The van der Waals surface area contributed by atoms with Crippen molar-refractivity contribution in [2.24, 2.45) is 5.92 Å². The molecule has 2 aromatic heterocycles. The summed E-state index contributed by atoms with van der Waals surface area (Å²) in [5.74, 6) is 2.37. The van der Waals surface area contributed by atoms with E-state index in [1.807, 2.05) is 18.2 Å². The van der Waals surface area contributed by atoms with Crippen molar-refractivity contribution in [2.75, 3.05) is 23.3 Å². The Hall–Kier alpha value is -2.89. The van der Waals surface area contributed by atoms with E-state index in [1.165, 1.54) is 12.5 Å². The van der Waals surface area contributed by atoms with E-state index in [-0.39, 0.29) is 5.56 Å². The zero-order valence-electron chi connectivity index (χ0n) is 14.2. The number of aromatic amines is 1. The van der Waals surface area contributed by atoms with Crippen LogP contribution in [0.4, 0.5) is 11.8 Å². The molecule has 1 fully saturated rings. The number of benzene rings is 1. The summed E-state index contributed by atoms with van der Waals surface area (Å²) in [5.41, 5.74) is 1.82. The maximum absolute atomic E-state index is 11.1. The summed E-state index contributed by atoms with van der Waals surface area (Å²) in [6, 6.07) is 11.4. The lowest BCUT2D eigenvalue weighted by atomic mass is 9.97. The number of nitrogens with one attached hydrogen (secondary N) is 2. The minimum absolute atomic E-state index is 0.101. The molecule has 3 aromatic rings. The van der Waals surface area contributed by atoms with Gasteiger partial charge in [0.05, 0.1) is 5.52 Å². The molecule has 128 valence electrons. The lowest BCUT2D eigenvalue weighted by Crippen LogP contribution is -2.47. The molecule has 0 amide bonds. The van der Waals surface area contributed by atoms with E-state index < -0.39 is 0 Å². The number of para-hydroxylation sites is 1. The number of aromatic nitrogens is 3. The van der Waals surface area contributed by atoms with E-state index in [9.17, 15) is 4.79 Å². The molecule has 0 radical (unpaired) electrons. The van der Waals surface area contributed by atoms with E-state index in [0.717, 1.165) is 41.3 Å². The van der Waals surface area contributed by atoms with Gasteiger partial charge in [0, 0.05) is 37.3 Å². The van der Waals surface area contributed by atoms with Gasteiger partial charge in [0.1, 0.15) is 5.82 Å². The van der Waals surface area contributed by atoms with Crippen molar-refractivity contribution in [3.63, 3.8) is 0 Å². The molecule has 6 heteroatoms. The molecule has 0 spiro atoms. The molecule has 1 aliphatic heterocycles. The fraction of sp³-hybridized carbons (Fsp3) is 0.316. The van der Waals surface area contributed by atoms with E-state index >= 15 is 0 Å².